The molecule has 6 heteroatoms. The summed E-state index contributed by atoms with van der Waals surface area (Å²) >= 11 is 0. The third kappa shape index (κ3) is 4.27. The average Bonchev–Trinajstić information content (AvgIpc) is 3.46. The monoisotopic (exact) mass is 394 g/mol. The summed E-state index contributed by atoms with van der Waals surface area (Å²) in [5.74, 6) is 0.639. The number of carbonyl (C=O) groups is 2. The standard InChI is InChI=1S/C23H26N2O4/c1-28-19-11-9-16(10-12-19)20-7-3-13-25(20)23(27)17-5-2-6-18(15-17)24-22(26)21-8-4-14-29-21/h2,5-6,9-12,15,20-21H,3-4,7-8,13-14H2,1H3,(H,24,26)/t20-,21-/m1/s1. The zero-order chi connectivity index (χ0) is 20.2. The van der Waals surface area contributed by atoms with Gasteiger partial charge in [-0.15, -0.1) is 0 Å². The van der Waals surface area contributed by atoms with Crippen LogP contribution in [0.3, 0.4) is 0 Å². The summed E-state index contributed by atoms with van der Waals surface area (Å²) in [5.41, 5.74) is 2.31. The number of nitrogens with zero attached hydrogens (tertiary/aromatic N) is 1. The molecular weight excluding hydrogens is 368 g/mol. The SMILES string of the molecule is COc1ccc([C@H]2CCCN2C(=O)c2cccc(NC(=O)[C@H]3CCCO3)c2)cc1. The van der Waals surface area contributed by atoms with Crippen LogP contribution in [0.1, 0.15) is 47.6 Å². The minimum Gasteiger partial charge on any atom is -0.497 e. The predicted octanol–water partition coefficient (Wildman–Crippen LogP) is 3.79. The number of anilines is 1. The van der Waals surface area contributed by atoms with Crippen LogP contribution in [0, 0.1) is 0 Å². The van der Waals surface area contributed by atoms with Crippen LogP contribution in [0.2, 0.25) is 0 Å². The van der Waals surface area contributed by atoms with Gasteiger partial charge in [-0.3, -0.25) is 9.59 Å². The van der Waals surface area contributed by atoms with E-state index in [1.165, 1.54) is 0 Å². The summed E-state index contributed by atoms with van der Waals surface area (Å²) in [6, 6.07) is 15.1. The third-order valence-electron chi connectivity index (χ3n) is 5.61. The molecule has 2 aliphatic rings. The molecule has 0 aromatic heterocycles. The van der Waals surface area contributed by atoms with Crippen molar-refractivity contribution in [3.8, 4) is 5.75 Å². The minimum atomic E-state index is -0.396. The molecule has 2 heterocycles. The topological polar surface area (TPSA) is 67.9 Å². The number of methoxy groups -OCH3 is 1. The van der Waals surface area contributed by atoms with Gasteiger partial charge in [-0.25, -0.2) is 0 Å². The summed E-state index contributed by atoms with van der Waals surface area (Å²) in [6.07, 6.45) is 3.15. The fourth-order valence-corrected chi connectivity index (χ4v) is 4.09. The van der Waals surface area contributed by atoms with Crippen LogP contribution in [-0.2, 0) is 9.53 Å². The van der Waals surface area contributed by atoms with Crippen molar-refractivity contribution in [3.05, 3.63) is 59.7 Å². The predicted molar refractivity (Wildman–Crippen MR) is 110 cm³/mol. The van der Waals surface area contributed by atoms with E-state index >= 15 is 0 Å². The van der Waals surface area contributed by atoms with Gasteiger partial charge < -0.3 is 19.7 Å². The first kappa shape index (κ1) is 19.5. The number of carbonyl (C=O) groups excluding carboxylic acids is 2. The van der Waals surface area contributed by atoms with E-state index in [0.717, 1.165) is 43.5 Å². The number of hydrogen-bond acceptors (Lipinski definition) is 4. The third-order valence-corrected chi connectivity index (χ3v) is 5.61. The smallest absolute Gasteiger partial charge is 0.254 e. The van der Waals surface area contributed by atoms with Crippen molar-refractivity contribution in [2.24, 2.45) is 0 Å². The fraction of sp³-hybridized carbons (Fsp3) is 0.391. The number of benzene rings is 2. The summed E-state index contributed by atoms with van der Waals surface area (Å²) < 4.78 is 10.7. The zero-order valence-corrected chi connectivity index (χ0v) is 16.6. The van der Waals surface area contributed by atoms with Gasteiger partial charge in [-0.1, -0.05) is 18.2 Å². The molecule has 2 aromatic carbocycles. The van der Waals surface area contributed by atoms with E-state index in [0.29, 0.717) is 17.9 Å². The summed E-state index contributed by atoms with van der Waals surface area (Å²) in [4.78, 5) is 27.4. The Kier molecular flexibility index (Phi) is 5.81. The van der Waals surface area contributed by atoms with E-state index in [4.69, 9.17) is 9.47 Å². The van der Waals surface area contributed by atoms with E-state index in [1.54, 1.807) is 31.4 Å². The van der Waals surface area contributed by atoms with Crippen LogP contribution in [0.25, 0.3) is 0 Å². The van der Waals surface area contributed by atoms with Crippen LogP contribution in [0.15, 0.2) is 48.5 Å². The number of hydrogen-bond donors (Lipinski definition) is 1. The maximum atomic E-state index is 13.2. The second-order valence-corrected chi connectivity index (χ2v) is 7.50. The molecule has 1 N–H and O–H groups in total. The van der Waals surface area contributed by atoms with Crippen molar-refractivity contribution in [2.75, 3.05) is 25.6 Å². The van der Waals surface area contributed by atoms with Crippen molar-refractivity contribution >= 4 is 17.5 Å². The normalized spacial score (nSPS) is 21.2. The first-order chi connectivity index (χ1) is 14.2. The van der Waals surface area contributed by atoms with Crippen LogP contribution in [-0.4, -0.2) is 43.1 Å². The first-order valence-corrected chi connectivity index (χ1v) is 10.1. The van der Waals surface area contributed by atoms with Gasteiger partial charge >= 0.3 is 0 Å². The second-order valence-electron chi connectivity index (χ2n) is 7.50. The van der Waals surface area contributed by atoms with Gasteiger partial charge in [-0.05, 0) is 61.6 Å². The largest absolute Gasteiger partial charge is 0.497 e. The van der Waals surface area contributed by atoms with Gasteiger partial charge in [0.2, 0.25) is 0 Å². The molecule has 2 fully saturated rings. The Hall–Kier alpha value is -2.86. The van der Waals surface area contributed by atoms with Crippen molar-refractivity contribution in [1.29, 1.82) is 0 Å². The minimum absolute atomic E-state index is 0.0171. The maximum absolute atomic E-state index is 13.2. The highest BCUT2D eigenvalue weighted by molar-refractivity contribution is 5.98. The van der Waals surface area contributed by atoms with Crippen molar-refractivity contribution in [3.63, 3.8) is 0 Å². The molecule has 2 aliphatic heterocycles. The Balaban J connectivity index is 1.48. The molecule has 2 saturated heterocycles. The molecule has 29 heavy (non-hydrogen) atoms. The fourth-order valence-electron chi connectivity index (χ4n) is 4.09. The number of rotatable bonds is 5. The lowest BCUT2D eigenvalue weighted by molar-refractivity contribution is -0.124. The van der Waals surface area contributed by atoms with Gasteiger partial charge in [0.05, 0.1) is 13.2 Å². The molecule has 4 rings (SSSR count). The first-order valence-electron chi connectivity index (χ1n) is 10.1. The molecule has 152 valence electrons. The molecule has 0 aliphatic carbocycles. The van der Waals surface area contributed by atoms with E-state index in [1.807, 2.05) is 29.2 Å². The molecule has 2 atom stereocenters. The Morgan fingerprint density at radius 2 is 1.93 bits per heavy atom. The van der Waals surface area contributed by atoms with Gasteiger partial charge in [-0.2, -0.15) is 0 Å². The Morgan fingerprint density at radius 1 is 1.10 bits per heavy atom. The molecule has 0 radical (unpaired) electrons. The Morgan fingerprint density at radius 3 is 2.66 bits per heavy atom. The lowest BCUT2D eigenvalue weighted by atomic mass is 10.0. The van der Waals surface area contributed by atoms with Gasteiger partial charge in [0, 0.05) is 24.4 Å². The highest BCUT2D eigenvalue weighted by Gasteiger charge is 2.31. The molecule has 2 aromatic rings. The van der Waals surface area contributed by atoms with Crippen LogP contribution < -0.4 is 10.1 Å². The van der Waals surface area contributed by atoms with Crippen molar-refractivity contribution < 1.29 is 19.1 Å². The van der Waals surface area contributed by atoms with E-state index in [9.17, 15) is 9.59 Å². The molecular formula is C23H26N2O4. The summed E-state index contributed by atoms with van der Waals surface area (Å²) in [6.45, 7) is 1.35. The van der Waals surface area contributed by atoms with E-state index in [2.05, 4.69) is 5.32 Å². The Bertz CT molecular complexity index is 875. The number of amides is 2. The van der Waals surface area contributed by atoms with Crippen molar-refractivity contribution in [2.45, 2.75) is 37.8 Å². The van der Waals surface area contributed by atoms with Gasteiger partial charge in [0.1, 0.15) is 11.9 Å². The maximum Gasteiger partial charge on any atom is 0.254 e. The summed E-state index contributed by atoms with van der Waals surface area (Å²) in [5, 5.41) is 2.88. The van der Waals surface area contributed by atoms with Crippen LogP contribution in [0.4, 0.5) is 5.69 Å². The number of nitrogens with one attached hydrogen (secondary N) is 1. The lowest BCUT2D eigenvalue weighted by Crippen LogP contribution is -2.31. The second kappa shape index (κ2) is 8.66. The van der Waals surface area contributed by atoms with Gasteiger partial charge in [0.15, 0.2) is 0 Å². The number of ether oxygens (including phenoxy) is 2. The summed E-state index contributed by atoms with van der Waals surface area (Å²) in [7, 11) is 1.64. The molecule has 0 bridgehead atoms. The van der Waals surface area contributed by atoms with Crippen LogP contribution in [0.5, 0.6) is 5.75 Å². The van der Waals surface area contributed by atoms with Crippen molar-refractivity contribution in [1.82, 2.24) is 4.90 Å². The van der Waals surface area contributed by atoms with Gasteiger partial charge in [0.25, 0.3) is 11.8 Å². The molecule has 0 spiro atoms. The molecule has 0 saturated carbocycles. The average molecular weight is 394 g/mol. The Labute approximate surface area is 170 Å². The highest BCUT2D eigenvalue weighted by atomic mass is 16.5. The molecule has 2 amide bonds. The highest BCUT2D eigenvalue weighted by Crippen LogP contribution is 2.34. The quantitative estimate of drug-likeness (QED) is 0.838. The van der Waals surface area contributed by atoms with E-state index < -0.39 is 6.10 Å². The van der Waals surface area contributed by atoms with E-state index in [-0.39, 0.29) is 17.9 Å². The molecule has 0 unspecified atom stereocenters. The molecule has 6 nitrogen and oxygen atoms in total. The zero-order valence-electron chi connectivity index (χ0n) is 16.6. The number of likely N-dealkylation sites (tertiary alicyclic amines) is 1. The van der Waals surface area contributed by atoms with Crippen LogP contribution >= 0.6 is 0 Å². The lowest BCUT2D eigenvalue weighted by Gasteiger charge is -2.25.